The van der Waals surface area contributed by atoms with Gasteiger partial charge in [-0.1, -0.05) is 62.9 Å². The van der Waals surface area contributed by atoms with Crippen LogP contribution in [0.1, 0.15) is 58.6 Å². The van der Waals surface area contributed by atoms with Crippen LogP contribution in [0.15, 0.2) is 41.6 Å². The molecule has 1 amide bonds. The van der Waals surface area contributed by atoms with Crippen LogP contribution in [0.25, 0.3) is 0 Å². The molecule has 3 rings (SSSR count). The van der Waals surface area contributed by atoms with E-state index in [9.17, 15) is 4.79 Å². The number of hydrogen-bond acceptors (Lipinski definition) is 5. The van der Waals surface area contributed by atoms with Gasteiger partial charge < -0.3 is 9.88 Å². The maximum Gasteiger partial charge on any atom is 0.235 e. The summed E-state index contributed by atoms with van der Waals surface area (Å²) in [5, 5.41) is 17.0. The highest BCUT2D eigenvalue weighted by Gasteiger charge is 2.26. The first-order valence-electron chi connectivity index (χ1n) is 10.4. The van der Waals surface area contributed by atoms with Crippen LogP contribution in [-0.2, 0) is 22.3 Å². The summed E-state index contributed by atoms with van der Waals surface area (Å²) in [5.74, 6) is 1.69. The van der Waals surface area contributed by atoms with Gasteiger partial charge in [0, 0.05) is 11.5 Å². The van der Waals surface area contributed by atoms with Crippen molar-refractivity contribution in [2.75, 3.05) is 11.1 Å². The number of aryl methyl sites for hydroxylation is 1. The summed E-state index contributed by atoms with van der Waals surface area (Å²) >= 11 is 1.39. The number of aromatic nitrogens is 5. The Balaban J connectivity index is 1.71. The lowest BCUT2D eigenvalue weighted by Crippen LogP contribution is -2.27. The maximum atomic E-state index is 12.8. The molecule has 0 bridgehead atoms. The Morgan fingerprint density at radius 2 is 1.74 bits per heavy atom. The van der Waals surface area contributed by atoms with Crippen LogP contribution in [0.3, 0.4) is 0 Å². The van der Waals surface area contributed by atoms with Gasteiger partial charge in [0.25, 0.3) is 0 Å². The molecular weight excluding hydrogens is 408 g/mol. The zero-order valence-electron chi connectivity index (χ0n) is 19.4. The summed E-state index contributed by atoms with van der Waals surface area (Å²) in [6, 6.07) is 12.1. The number of thioether (sulfide) groups is 1. The van der Waals surface area contributed by atoms with Crippen LogP contribution < -0.4 is 5.32 Å². The molecule has 0 radical (unpaired) electrons. The molecule has 0 aliphatic carbocycles. The summed E-state index contributed by atoms with van der Waals surface area (Å²) in [6.07, 6.45) is 0. The van der Waals surface area contributed by atoms with Crippen molar-refractivity contribution in [3.63, 3.8) is 0 Å². The fourth-order valence-corrected chi connectivity index (χ4v) is 3.86. The molecule has 8 heteroatoms. The van der Waals surface area contributed by atoms with Gasteiger partial charge in [-0.15, -0.1) is 10.2 Å². The van der Waals surface area contributed by atoms with E-state index in [-0.39, 0.29) is 22.6 Å². The normalized spacial score (nSPS) is 12.2. The minimum atomic E-state index is -0.244. The third-order valence-corrected chi connectivity index (χ3v) is 5.77. The van der Waals surface area contributed by atoms with E-state index in [1.54, 1.807) is 0 Å². The van der Waals surface area contributed by atoms with Crippen molar-refractivity contribution >= 4 is 23.5 Å². The van der Waals surface area contributed by atoms with Gasteiger partial charge in [0.05, 0.1) is 23.5 Å². The fraction of sp³-hybridized carbons (Fsp3) is 0.478. The molecule has 0 saturated heterocycles. The van der Waals surface area contributed by atoms with E-state index in [1.165, 1.54) is 17.3 Å². The molecule has 0 fully saturated rings. The van der Waals surface area contributed by atoms with E-state index >= 15 is 0 Å². The smallest absolute Gasteiger partial charge is 0.235 e. The van der Waals surface area contributed by atoms with Crippen molar-refractivity contribution < 1.29 is 4.79 Å². The van der Waals surface area contributed by atoms with Crippen molar-refractivity contribution in [2.24, 2.45) is 0 Å². The molecule has 7 nitrogen and oxygen atoms in total. The van der Waals surface area contributed by atoms with Crippen LogP contribution in [0.2, 0.25) is 0 Å². The van der Waals surface area contributed by atoms with Gasteiger partial charge in [-0.25, -0.2) is 4.68 Å². The number of nitrogens with one attached hydrogen (secondary N) is 1. The minimum Gasteiger partial charge on any atom is -0.310 e. The van der Waals surface area contributed by atoms with Crippen molar-refractivity contribution in [1.82, 2.24) is 24.5 Å². The second-order valence-corrected chi connectivity index (χ2v) is 10.6. The molecular formula is C23H32N6OS. The topological polar surface area (TPSA) is 77.6 Å². The van der Waals surface area contributed by atoms with Gasteiger partial charge in [0.15, 0.2) is 5.16 Å². The van der Waals surface area contributed by atoms with E-state index < -0.39 is 0 Å². The first-order chi connectivity index (χ1) is 14.4. The molecule has 0 spiro atoms. The summed E-state index contributed by atoms with van der Waals surface area (Å²) in [5.41, 5.74) is 1.77. The molecule has 0 aliphatic rings. The van der Waals surface area contributed by atoms with Crippen LogP contribution in [0.4, 0.5) is 5.82 Å². The highest BCUT2D eigenvalue weighted by atomic mass is 32.2. The number of carbonyl (C=O) groups is 1. The van der Waals surface area contributed by atoms with Crippen LogP contribution >= 0.6 is 11.8 Å². The number of hydrogen-bond donors (Lipinski definition) is 1. The van der Waals surface area contributed by atoms with Gasteiger partial charge in [-0.05, 0) is 33.3 Å². The first-order valence-corrected chi connectivity index (χ1v) is 11.4. The highest BCUT2D eigenvalue weighted by molar-refractivity contribution is 7.99. The fourth-order valence-electron chi connectivity index (χ4n) is 3.07. The molecule has 3 aromatic rings. The number of carbonyl (C=O) groups excluding carboxylic acids is 1. The Labute approximate surface area is 188 Å². The molecule has 0 unspecified atom stereocenters. The average molecular weight is 441 g/mol. The molecule has 2 heterocycles. The molecule has 2 aromatic heterocycles. The van der Waals surface area contributed by atoms with Gasteiger partial charge >= 0.3 is 0 Å². The van der Waals surface area contributed by atoms with Crippen LogP contribution in [-0.4, -0.2) is 36.2 Å². The Hall–Kier alpha value is -2.61. The Morgan fingerprint density at radius 1 is 1.06 bits per heavy atom. The van der Waals surface area contributed by atoms with Crippen LogP contribution in [0.5, 0.6) is 0 Å². The third kappa shape index (κ3) is 5.76. The van der Waals surface area contributed by atoms with Gasteiger partial charge in [-0.3, -0.25) is 4.79 Å². The largest absolute Gasteiger partial charge is 0.310 e. The van der Waals surface area contributed by atoms with E-state index in [0.29, 0.717) is 12.4 Å². The molecule has 0 saturated carbocycles. The summed E-state index contributed by atoms with van der Waals surface area (Å²) in [4.78, 5) is 12.8. The van der Waals surface area contributed by atoms with Crippen molar-refractivity contribution in [1.29, 1.82) is 0 Å². The standard InChI is InChI=1S/C23H32N6OS/c1-16-25-26-21(28(16)14-17-11-9-8-10-12-17)31-15-20(30)24-19-13-18(22(2,3)4)27-29(19)23(5,6)7/h8-13H,14-15H2,1-7H3,(H,24,30). The third-order valence-electron chi connectivity index (χ3n) is 4.80. The number of nitrogens with zero attached hydrogens (tertiary/aromatic N) is 5. The SMILES string of the molecule is Cc1nnc(SCC(=O)Nc2cc(C(C)(C)C)nn2C(C)(C)C)n1Cc1ccccc1. The summed E-state index contributed by atoms with van der Waals surface area (Å²) in [7, 11) is 0. The van der Waals surface area contributed by atoms with Gasteiger partial charge in [0.1, 0.15) is 11.6 Å². The highest BCUT2D eigenvalue weighted by Crippen LogP contribution is 2.28. The molecule has 0 atom stereocenters. The Morgan fingerprint density at radius 3 is 2.35 bits per heavy atom. The predicted octanol–water partition coefficient (Wildman–Crippen LogP) is 4.61. The lowest BCUT2D eigenvalue weighted by atomic mass is 9.92. The van der Waals surface area contributed by atoms with Crippen LogP contribution in [0, 0.1) is 6.92 Å². The molecule has 1 N–H and O–H groups in total. The molecule has 31 heavy (non-hydrogen) atoms. The Kier molecular flexibility index (Phi) is 6.59. The number of anilines is 1. The second kappa shape index (κ2) is 8.86. The number of amides is 1. The molecule has 1 aromatic carbocycles. The zero-order valence-corrected chi connectivity index (χ0v) is 20.2. The summed E-state index contributed by atoms with van der Waals surface area (Å²) in [6.45, 7) is 15.2. The average Bonchev–Trinajstić information content (AvgIpc) is 3.25. The van der Waals surface area contributed by atoms with Crippen molar-refractivity contribution in [2.45, 2.75) is 71.1 Å². The Bertz CT molecular complexity index is 1040. The van der Waals surface area contributed by atoms with E-state index in [0.717, 1.165) is 16.7 Å². The monoisotopic (exact) mass is 440 g/mol. The first kappa shape index (κ1) is 23.1. The van der Waals surface area contributed by atoms with E-state index in [4.69, 9.17) is 5.10 Å². The lowest BCUT2D eigenvalue weighted by Gasteiger charge is -2.23. The number of rotatable bonds is 6. The predicted molar refractivity (Wildman–Crippen MR) is 126 cm³/mol. The maximum absolute atomic E-state index is 12.8. The summed E-state index contributed by atoms with van der Waals surface area (Å²) < 4.78 is 3.92. The lowest BCUT2D eigenvalue weighted by molar-refractivity contribution is -0.113. The van der Waals surface area contributed by atoms with E-state index in [2.05, 4.69) is 69.2 Å². The number of benzene rings is 1. The molecule has 166 valence electrons. The van der Waals surface area contributed by atoms with Gasteiger partial charge in [0.2, 0.25) is 5.91 Å². The van der Waals surface area contributed by atoms with Crippen molar-refractivity contribution in [3.05, 3.63) is 53.5 Å². The van der Waals surface area contributed by atoms with Gasteiger partial charge in [-0.2, -0.15) is 5.10 Å². The molecule has 0 aliphatic heterocycles. The zero-order chi connectivity index (χ0) is 22.8. The minimum absolute atomic E-state index is 0.0947. The van der Waals surface area contributed by atoms with Crippen molar-refractivity contribution in [3.8, 4) is 0 Å². The van der Waals surface area contributed by atoms with E-state index in [1.807, 2.05) is 40.4 Å². The second-order valence-electron chi connectivity index (χ2n) is 9.69. The quantitative estimate of drug-likeness (QED) is 0.566.